The second-order valence-electron chi connectivity index (χ2n) is 3.30. The lowest BCUT2D eigenvalue weighted by atomic mass is 10.0. The number of nitrogens with two attached hydrogens (primary N) is 1. The lowest BCUT2D eigenvalue weighted by Crippen LogP contribution is -2.11. The Kier molecular flexibility index (Phi) is 4.67. The summed E-state index contributed by atoms with van der Waals surface area (Å²) in [6, 6.07) is 2.68. The molecule has 0 aliphatic heterocycles. The SMILES string of the molecule is N[C@@H](CCCO)c1cc(Cl)cc(Cl)c1O. The van der Waals surface area contributed by atoms with E-state index in [9.17, 15) is 5.11 Å². The van der Waals surface area contributed by atoms with Crippen molar-refractivity contribution in [2.75, 3.05) is 6.61 Å². The van der Waals surface area contributed by atoms with Gasteiger partial charge in [0.2, 0.25) is 0 Å². The van der Waals surface area contributed by atoms with E-state index in [1.807, 2.05) is 0 Å². The van der Waals surface area contributed by atoms with Gasteiger partial charge in [0, 0.05) is 23.2 Å². The maximum absolute atomic E-state index is 9.66. The number of hydrogen-bond acceptors (Lipinski definition) is 3. The second-order valence-corrected chi connectivity index (χ2v) is 4.14. The molecule has 1 atom stereocenters. The number of halogens is 2. The number of aromatic hydroxyl groups is 1. The number of rotatable bonds is 4. The molecule has 0 saturated heterocycles. The molecule has 3 nitrogen and oxygen atoms in total. The van der Waals surface area contributed by atoms with Crippen molar-refractivity contribution in [3.05, 3.63) is 27.7 Å². The van der Waals surface area contributed by atoms with E-state index in [1.165, 1.54) is 6.07 Å². The Hall–Kier alpha value is -0.480. The molecule has 1 aromatic rings. The molecule has 0 aliphatic carbocycles. The minimum atomic E-state index is -0.367. The second kappa shape index (κ2) is 5.56. The summed E-state index contributed by atoms with van der Waals surface area (Å²) in [5, 5.41) is 19.0. The van der Waals surface area contributed by atoms with Crippen LogP contribution in [-0.2, 0) is 0 Å². The zero-order valence-corrected chi connectivity index (χ0v) is 9.59. The minimum Gasteiger partial charge on any atom is -0.506 e. The topological polar surface area (TPSA) is 66.5 Å². The van der Waals surface area contributed by atoms with Crippen LogP contribution in [0.1, 0.15) is 24.4 Å². The molecule has 1 rings (SSSR count). The third-order valence-electron chi connectivity index (χ3n) is 2.13. The lowest BCUT2D eigenvalue weighted by Gasteiger charge is -2.14. The molecule has 0 amide bonds. The fourth-order valence-corrected chi connectivity index (χ4v) is 1.84. The first-order valence-electron chi connectivity index (χ1n) is 4.60. The van der Waals surface area contributed by atoms with Crippen LogP contribution in [0.2, 0.25) is 10.0 Å². The number of hydrogen-bond donors (Lipinski definition) is 3. The van der Waals surface area contributed by atoms with Crippen LogP contribution in [0, 0.1) is 0 Å². The van der Waals surface area contributed by atoms with Crippen molar-refractivity contribution in [3.63, 3.8) is 0 Å². The zero-order valence-electron chi connectivity index (χ0n) is 8.08. The number of aliphatic hydroxyl groups is 1. The molecule has 0 aromatic heterocycles. The molecule has 0 fully saturated rings. The van der Waals surface area contributed by atoms with Crippen LogP contribution >= 0.6 is 23.2 Å². The lowest BCUT2D eigenvalue weighted by molar-refractivity contribution is 0.279. The van der Waals surface area contributed by atoms with Crippen molar-refractivity contribution in [1.29, 1.82) is 0 Å². The zero-order chi connectivity index (χ0) is 11.4. The van der Waals surface area contributed by atoms with E-state index in [0.717, 1.165) is 0 Å². The first-order chi connectivity index (χ1) is 7.06. The van der Waals surface area contributed by atoms with E-state index in [4.69, 9.17) is 34.0 Å². The van der Waals surface area contributed by atoms with E-state index < -0.39 is 0 Å². The molecule has 0 saturated carbocycles. The van der Waals surface area contributed by atoms with Crippen molar-refractivity contribution < 1.29 is 10.2 Å². The Bertz CT molecular complexity index is 344. The van der Waals surface area contributed by atoms with Gasteiger partial charge in [-0.1, -0.05) is 23.2 Å². The van der Waals surface area contributed by atoms with Gasteiger partial charge in [-0.05, 0) is 25.0 Å². The summed E-state index contributed by atoms with van der Waals surface area (Å²) in [5.41, 5.74) is 6.35. The molecule has 0 spiro atoms. The van der Waals surface area contributed by atoms with E-state index >= 15 is 0 Å². The summed E-state index contributed by atoms with van der Waals surface area (Å²) in [5.74, 6) is -0.0356. The van der Waals surface area contributed by atoms with Gasteiger partial charge in [-0.3, -0.25) is 0 Å². The predicted octanol–water partition coefficient (Wildman–Crippen LogP) is 2.47. The van der Waals surface area contributed by atoms with Crippen molar-refractivity contribution in [2.24, 2.45) is 5.73 Å². The fourth-order valence-electron chi connectivity index (χ4n) is 1.34. The average molecular weight is 250 g/mol. The maximum Gasteiger partial charge on any atom is 0.139 e. The van der Waals surface area contributed by atoms with Crippen LogP contribution in [0.15, 0.2) is 12.1 Å². The van der Waals surface area contributed by atoms with Gasteiger partial charge in [-0.2, -0.15) is 0 Å². The Morgan fingerprint density at radius 2 is 2.00 bits per heavy atom. The summed E-state index contributed by atoms with van der Waals surface area (Å²) in [6.45, 7) is 0.0722. The van der Waals surface area contributed by atoms with Gasteiger partial charge in [0.05, 0.1) is 5.02 Å². The first-order valence-corrected chi connectivity index (χ1v) is 5.36. The van der Waals surface area contributed by atoms with Crippen LogP contribution in [0.5, 0.6) is 5.75 Å². The molecule has 4 N–H and O–H groups in total. The summed E-state index contributed by atoms with van der Waals surface area (Å²) >= 11 is 11.6. The molecular formula is C10H13Cl2NO2. The van der Waals surface area contributed by atoms with Crippen molar-refractivity contribution in [3.8, 4) is 5.75 Å². The Morgan fingerprint density at radius 3 is 2.60 bits per heavy atom. The summed E-state index contributed by atoms with van der Waals surface area (Å²) in [7, 11) is 0. The molecule has 0 aliphatic rings. The molecule has 0 radical (unpaired) electrons. The predicted molar refractivity (Wildman–Crippen MR) is 61.4 cm³/mol. The quantitative estimate of drug-likeness (QED) is 0.768. The van der Waals surface area contributed by atoms with Gasteiger partial charge in [0.1, 0.15) is 5.75 Å². The van der Waals surface area contributed by atoms with Gasteiger partial charge in [-0.25, -0.2) is 0 Å². The summed E-state index contributed by atoms with van der Waals surface area (Å²) in [6.07, 6.45) is 1.14. The highest BCUT2D eigenvalue weighted by Gasteiger charge is 2.14. The van der Waals surface area contributed by atoms with Crippen molar-refractivity contribution >= 4 is 23.2 Å². The number of phenols is 1. The van der Waals surface area contributed by atoms with Gasteiger partial charge < -0.3 is 15.9 Å². The van der Waals surface area contributed by atoms with E-state index in [-0.39, 0.29) is 23.4 Å². The maximum atomic E-state index is 9.66. The number of benzene rings is 1. The van der Waals surface area contributed by atoms with Crippen molar-refractivity contribution in [1.82, 2.24) is 0 Å². The Morgan fingerprint density at radius 1 is 1.33 bits per heavy atom. The highest BCUT2D eigenvalue weighted by Crippen LogP contribution is 2.35. The first kappa shape index (κ1) is 12.6. The third-order valence-corrected chi connectivity index (χ3v) is 2.64. The highest BCUT2D eigenvalue weighted by molar-refractivity contribution is 6.35. The highest BCUT2D eigenvalue weighted by atomic mass is 35.5. The largest absolute Gasteiger partial charge is 0.506 e. The van der Waals surface area contributed by atoms with Gasteiger partial charge in [0.15, 0.2) is 0 Å². The average Bonchev–Trinajstić information content (AvgIpc) is 2.19. The van der Waals surface area contributed by atoms with Gasteiger partial charge in [0.25, 0.3) is 0 Å². The standard InChI is InChI=1S/C10H13Cl2NO2/c11-6-4-7(9(13)2-1-3-14)10(15)8(12)5-6/h4-5,9,14-15H,1-3,13H2/t9-/m0/s1. The van der Waals surface area contributed by atoms with E-state index in [1.54, 1.807) is 6.07 Å². The summed E-state index contributed by atoms with van der Waals surface area (Å²) < 4.78 is 0. The third kappa shape index (κ3) is 3.24. The van der Waals surface area contributed by atoms with Crippen LogP contribution in [0.25, 0.3) is 0 Å². The molecule has 0 heterocycles. The molecule has 5 heteroatoms. The van der Waals surface area contributed by atoms with E-state index in [2.05, 4.69) is 0 Å². The smallest absolute Gasteiger partial charge is 0.139 e. The van der Waals surface area contributed by atoms with Crippen LogP contribution in [-0.4, -0.2) is 16.8 Å². The molecule has 84 valence electrons. The van der Waals surface area contributed by atoms with E-state index in [0.29, 0.717) is 23.4 Å². The Labute approximate surface area is 98.4 Å². The number of aliphatic hydroxyl groups excluding tert-OH is 1. The Balaban J connectivity index is 2.92. The van der Waals surface area contributed by atoms with Crippen molar-refractivity contribution in [2.45, 2.75) is 18.9 Å². The van der Waals surface area contributed by atoms with Crippen LogP contribution in [0.4, 0.5) is 0 Å². The van der Waals surface area contributed by atoms with Crippen LogP contribution in [0.3, 0.4) is 0 Å². The fraction of sp³-hybridized carbons (Fsp3) is 0.400. The summed E-state index contributed by atoms with van der Waals surface area (Å²) in [4.78, 5) is 0. The monoisotopic (exact) mass is 249 g/mol. The van der Waals surface area contributed by atoms with Crippen LogP contribution < -0.4 is 5.73 Å². The molecule has 15 heavy (non-hydrogen) atoms. The molecular weight excluding hydrogens is 237 g/mol. The number of phenolic OH excluding ortho intramolecular Hbond substituents is 1. The minimum absolute atomic E-state index is 0.0356. The van der Waals surface area contributed by atoms with Gasteiger partial charge >= 0.3 is 0 Å². The normalized spacial score (nSPS) is 12.8. The molecule has 0 unspecified atom stereocenters. The molecule has 1 aromatic carbocycles. The molecule has 0 bridgehead atoms. The van der Waals surface area contributed by atoms with Gasteiger partial charge in [-0.15, -0.1) is 0 Å².